The van der Waals surface area contributed by atoms with Gasteiger partial charge >= 0.3 is 0 Å². The molecule has 0 saturated heterocycles. The molecule has 1 aromatic heterocycles. The zero-order chi connectivity index (χ0) is 17.6. The molecular weight excluding hydrogens is 331 g/mol. The van der Waals surface area contributed by atoms with Crippen molar-refractivity contribution in [2.45, 2.75) is 12.3 Å². The molecule has 0 saturated carbocycles. The third-order valence-corrected chi connectivity index (χ3v) is 4.22. The highest BCUT2D eigenvalue weighted by Crippen LogP contribution is 2.39. The van der Waals surface area contributed by atoms with Crippen molar-refractivity contribution in [1.29, 1.82) is 0 Å². The summed E-state index contributed by atoms with van der Waals surface area (Å²) in [6.45, 7) is 0. The molecule has 1 aliphatic rings. The highest BCUT2D eigenvalue weighted by atomic mass is 19.1. The number of carbonyl (C=O) groups is 1. The van der Waals surface area contributed by atoms with Gasteiger partial charge in [0.15, 0.2) is 0 Å². The van der Waals surface area contributed by atoms with Gasteiger partial charge in [0, 0.05) is 17.9 Å². The van der Waals surface area contributed by atoms with Gasteiger partial charge in [0.1, 0.15) is 23.3 Å². The molecule has 0 spiro atoms. The Bertz CT molecular complexity index is 966. The molecule has 0 aliphatic carbocycles. The average Bonchev–Trinajstić information content (AvgIpc) is 3.01. The molecule has 0 radical (unpaired) electrons. The largest absolute Gasteiger partial charge is 0.310 e. The van der Waals surface area contributed by atoms with Gasteiger partial charge < -0.3 is 5.32 Å². The summed E-state index contributed by atoms with van der Waals surface area (Å²) in [7, 11) is 0. The molecule has 7 heteroatoms. The van der Waals surface area contributed by atoms with Crippen LogP contribution < -0.4 is 5.32 Å². The Morgan fingerprint density at radius 3 is 2.48 bits per heavy atom. The summed E-state index contributed by atoms with van der Waals surface area (Å²) in [4.78, 5) is 12.1. The van der Waals surface area contributed by atoms with E-state index in [0.29, 0.717) is 17.1 Å². The van der Waals surface area contributed by atoms with E-state index in [1.54, 1.807) is 0 Å². The number of benzene rings is 2. The van der Waals surface area contributed by atoms with Crippen LogP contribution in [0.2, 0.25) is 0 Å². The lowest BCUT2D eigenvalue weighted by atomic mass is 9.87. The Morgan fingerprint density at radius 1 is 1.00 bits per heavy atom. The van der Waals surface area contributed by atoms with Gasteiger partial charge in [0.05, 0.1) is 11.9 Å². The van der Waals surface area contributed by atoms with Gasteiger partial charge in [-0.25, -0.2) is 17.9 Å². The van der Waals surface area contributed by atoms with E-state index in [9.17, 15) is 18.0 Å². The van der Waals surface area contributed by atoms with Crippen molar-refractivity contribution in [3.8, 4) is 5.69 Å². The maximum absolute atomic E-state index is 14.2. The smallest absolute Gasteiger partial charge is 0.226 e. The van der Waals surface area contributed by atoms with E-state index >= 15 is 0 Å². The number of nitrogens with zero attached hydrogens (tertiary/aromatic N) is 2. The van der Waals surface area contributed by atoms with Crippen molar-refractivity contribution in [1.82, 2.24) is 9.78 Å². The maximum atomic E-state index is 14.2. The predicted molar refractivity (Wildman–Crippen MR) is 85.0 cm³/mol. The number of amides is 1. The van der Waals surface area contributed by atoms with Crippen molar-refractivity contribution in [2.24, 2.45) is 0 Å². The highest BCUT2D eigenvalue weighted by molar-refractivity contribution is 5.94. The molecular formula is C18H12F3N3O. The molecule has 1 atom stereocenters. The first-order valence-electron chi connectivity index (χ1n) is 7.61. The topological polar surface area (TPSA) is 46.9 Å². The van der Waals surface area contributed by atoms with Gasteiger partial charge in [0.25, 0.3) is 0 Å². The summed E-state index contributed by atoms with van der Waals surface area (Å²) >= 11 is 0. The van der Waals surface area contributed by atoms with Crippen LogP contribution in [0.3, 0.4) is 0 Å². The van der Waals surface area contributed by atoms with Crippen LogP contribution in [-0.2, 0) is 4.79 Å². The SMILES string of the molecule is O=C1C[C@@H](c2cc(F)ccc2F)c2cnn(-c3ccc(F)cc3)c2N1. The molecule has 3 aromatic rings. The van der Waals surface area contributed by atoms with E-state index in [1.807, 2.05) is 0 Å². The van der Waals surface area contributed by atoms with Gasteiger partial charge in [-0.1, -0.05) is 0 Å². The number of hydrogen-bond donors (Lipinski definition) is 1. The number of hydrogen-bond acceptors (Lipinski definition) is 2. The molecule has 1 aliphatic heterocycles. The molecule has 2 heterocycles. The minimum absolute atomic E-state index is 0.0114. The Kier molecular flexibility index (Phi) is 3.56. The number of carbonyl (C=O) groups excluding carboxylic acids is 1. The van der Waals surface area contributed by atoms with Crippen molar-refractivity contribution in [3.63, 3.8) is 0 Å². The zero-order valence-corrected chi connectivity index (χ0v) is 12.8. The van der Waals surface area contributed by atoms with E-state index in [-0.39, 0.29) is 17.9 Å². The lowest BCUT2D eigenvalue weighted by Crippen LogP contribution is -2.25. The van der Waals surface area contributed by atoms with Crippen LogP contribution in [0, 0.1) is 17.5 Å². The van der Waals surface area contributed by atoms with Gasteiger partial charge in [0.2, 0.25) is 5.91 Å². The second-order valence-corrected chi connectivity index (χ2v) is 5.81. The number of nitrogens with one attached hydrogen (secondary N) is 1. The summed E-state index contributed by atoms with van der Waals surface area (Å²) in [6, 6.07) is 8.75. The number of rotatable bonds is 2. The van der Waals surface area contributed by atoms with E-state index in [1.165, 1.54) is 35.1 Å². The molecule has 0 unspecified atom stereocenters. The van der Waals surface area contributed by atoms with Crippen LogP contribution >= 0.6 is 0 Å². The van der Waals surface area contributed by atoms with E-state index in [4.69, 9.17) is 0 Å². The van der Waals surface area contributed by atoms with E-state index < -0.39 is 23.4 Å². The van der Waals surface area contributed by atoms with Crippen molar-refractivity contribution < 1.29 is 18.0 Å². The fraction of sp³-hybridized carbons (Fsp3) is 0.111. The predicted octanol–water partition coefficient (Wildman–Crippen LogP) is 3.76. The second-order valence-electron chi connectivity index (χ2n) is 5.81. The summed E-state index contributed by atoms with van der Waals surface area (Å²) in [6.07, 6.45) is 1.50. The standard InChI is InChI=1S/C18H12F3N3O/c19-10-1-4-12(5-2-10)24-18-15(9-22-24)13(8-17(25)23-18)14-7-11(20)3-6-16(14)21/h1-7,9,13H,8H2,(H,23,25)/t13-/m0/s1. The minimum atomic E-state index is -0.645. The molecule has 4 rings (SSSR count). The summed E-state index contributed by atoms with van der Waals surface area (Å²) in [5.74, 6) is -2.15. The summed E-state index contributed by atoms with van der Waals surface area (Å²) < 4.78 is 42.3. The first-order chi connectivity index (χ1) is 12.0. The highest BCUT2D eigenvalue weighted by Gasteiger charge is 2.32. The number of halogens is 3. The summed E-state index contributed by atoms with van der Waals surface area (Å²) in [5, 5.41) is 6.93. The Balaban J connectivity index is 1.84. The van der Waals surface area contributed by atoms with Crippen LogP contribution in [0.15, 0.2) is 48.7 Å². The van der Waals surface area contributed by atoms with Crippen LogP contribution in [0.5, 0.6) is 0 Å². The first-order valence-corrected chi connectivity index (χ1v) is 7.61. The fourth-order valence-electron chi connectivity index (χ4n) is 3.06. The fourth-order valence-corrected chi connectivity index (χ4v) is 3.06. The quantitative estimate of drug-likeness (QED) is 0.770. The Morgan fingerprint density at radius 2 is 1.72 bits per heavy atom. The van der Waals surface area contributed by atoms with Crippen molar-refractivity contribution in [2.75, 3.05) is 5.32 Å². The molecule has 126 valence electrons. The Labute approximate surface area is 140 Å². The monoisotopic (exact) mass is 343 g/mol. The van der Waals surface area contributed by atoms with Crippen molar-refractivity contribution in [3.05, 3.63) is 77.2 Å². The average molecular weight is 343 g/mol. The number of aromatic nitrogens is 2. The number of fused-ring (bicyclic) bond motifs is 1. The zero-order valence-electron chi connectivity index (χ0n) is 12.8. The molecule has 0 fully saturated rings. The molecule has 1 N–H and O–H groups in total. The van der Waals surface area contributed by atoms with Gasteiger partial charge in [-0.3, -0.25) is 4.79 Å². The molecule has 1 amide bonds. The molecule has 25 heavy (non-hydrogen) atoms. The lowest BCUT2D eigenvalue weighted by Gasteiger charge is -2.24. The number of anilines is 1. The van der Waals surface area contributed by atoms with E-state index in [2.05, 4.69) is 10.4 Å². The van der Waals surface area contributed by atoms with E-state index in [0.717, 1.165) is 18.2 Å². The second kappa shape index (κ2) is 5.77. The normalized spacial score (nSPS) is 16.4. The van der Waals surface area contributed by atoms with Crippen molar-refractivity contribution >= 4 is 11.7 Å². The molecule has 2 aromatic carbocycles. The van der Waals surface area contributed by atoms with Crippen LogP contribution in [-0.4, -0.2) is 15.7 Å². The third kappa shape index (κ3) is 2.67. The molecule has 4 nitrogen and oxygen atoms in total. The third-order valence-electron chi connectivity index (χ3n) is 4.22. The van der Waals surface area contributed by atoms with Crippen LogP contribution in [0.1, 0.15) is 23.5 Å². The summed E-state index contributed by atoms with van der Waals surface area (Å²) in [5.41, 5.74) is 1.23. The Hall–Kier alpha value is -3.09. The van der Waals surface area contributed by atoms with Crippen LogP contribution in [0.4, 0.5) is 19.0 Å². The van der Waals surface area contributed by atoms with Gasteiger partial charge in [-0.05, 0) is 48.0 Å². The minimum Gasteiger partial charge on any atom is -0.310 e. The maximum Gasteiger partial charge on any atom is 0.226 e. The van der Waals surface area contributed by atoms with Gasteiger partial charge in [-0.15, -0.1) is 0 Å². The first kappa shape index (κ1) is 15.4. The lowest BCUT2D eigenvalue weighted by molar-refractivity contribution is -0.116. The van der Waals surface area contributed by atoms with Crippen LogP contribution in [0.25, 0.3) is 5.69 Å². The van der Waals surface area contributed by atoms with Gasteiger partial charge in [-0.2, -0.15) is 5.10 Å². The molecule has 0 bridgehead atoms.